The molecule has 7 nitrogen and oxygen atoms in total. The van der Waals surface area contributed by atoms with Gasteiger partial charge >= 0.3 is 0 Å². The van der Waals surface area contributed by atoms with Crippen molar-refractivity contribution in [1.29, 1.82) is 0 Å². The van der Waals surface area contributed by atoms with Gasteiger partial charge in [-0.2, -0.15) is 0 Å². The average molecular weight is 954 g/mol. The highest BCUT2D eigenvalue weighted by molar-refractivity contribution is 5.92. The molecule has 0 aliphatic rings. The number of carbonyl (C=O) groups is 1. The van der Waals surface area contributed by atoms with Crippen molar-refractivity contribution in [3.05, 3.63) is 189 Å². The second-order valence-electron chi connectivity index (χ2n) is 24.0. The predicted octanol–water partition coefficient (Wildman–Crippen LogP) is 15.6. The molecule has 70 heavy (non-hydrogen) atoms. The number of nitrogens with zero attached hydrogens (tertiary/aromatic N) is 2. The molecule has 0 fully saturated rings. The molecule has 2 aromatic heterocycles. The molecule has 0 atom stereocenters. The van der Waals surface area contributed by atoms with Crippen LogP contribution in [0.25, 0.3) is 0 Å². The number of nitrogens with two attached hydrogens (primary N) is 1. The number of aromatic hydroxyl groups is 1. The van der Waals surface area contributed by atoms with E-state index in [1.54, 1.807) is 31.5 Å². The number of ether oxygens (including phenoxy) is 1. The number of aryl methyl sites for hydroxylation is 2. The molecule has 4 N–H and O–H groups in total. The molecular formula is C63H91N3O4. The zero-order chi connectivity index (χ0) is 53.9. The summed E-state index contributed by atoms with van der Waals surface area (Å²) in [7, 11) is 1.63. The number of pyridine rings is 2. The highest BCUT2D eigenvalue weighted by Gasteiger charge is 2.17. The van der Waals surface area contributed by atoms with E-state index in [-0.39, 0.29) is 45.0 Å². The zero-order valence-corrected chi connectivity index (χ0v) is 47.1. The molecule has 382 valence electrons. The largest absolute Gasteiger partial charge is 0.508 e. The van der Waals surface area contributed by atoms with Crippen molar-refractivity contribution in [3.8, 4) is 11.6 Å². The van der Waals surface area contributed by atoms with Crippen molar-refractivity contribution in [1.82, 2.24) is 9.97 Å². The lowest BCUT2D eigenvalue weighted by Gasteiger charge is -2.19. The van der Waals surface area contributed by atoms with Crippen molar-refractivity contribution in [2.45, 2.75) is 178 Å². The normalized spacial score (nSPS) is 11.5. The maximum atomic E-state index is 10.9. The fourth-order valence-electron chi connectivity index (χ4n) is 6.36. The topological polar surface area (TPSA) is 119 Å². The number of aromatic nitrogens is 2. The third kappa shape index (κ3) is 24.2. The Hall–Kier alpha value is -5.79. The number of phenolic OH excluding ortho intramolecular Hbond substituents is 1. The fraction of sp³-hybridized carbons (Fsp3) is 0.444. The Balaban J connectivity index is 0.000000420. The smallest absolute Gasteiger partial charge is 0.248 e. The Morgan fingerprint density at radius 1 is 0.486 bits per heavy atom. The fourth-order valence-corrected chi connectivity index (χ4v) is 6.36. The van der Waals surface area contributed by atoms with Gasteiger partial charge in [0.15, 0.2) is 0 Å². The van der Waals surface area contributed by atoms with Crippen LogP contribution in [0.4, 0.5) is 0 Å². The van der Waals surface area contributed by atoms with Gasteiger partial charge < -0.3 is 20.7 Å². The summed E-state index contributed by atoms with van der Waals surface area (Å²) in [5.74, 6) is 0.658. The third-order valence-corrected chi connectivity index (χ3v) is 11.2. The molecule has 6 rings (SSSR count). The van der Waals surface area contributed by atoms with Crippen LogP contribution in [0.15, 0.2) is 134 Å². The van der Waals surface area contributed by atoms with Crippen molar-refractivity contribution >= 4 is 5.91 Å². The van der Waals surface area contributed by atoms with Crippen LogP contribution in [-0.4, -0.2) is 33.2 Å². The summed E-state index contributed by atoms with van der Waals surface area (Å²) < 4.78 is 5.04. The summed E-state index contributed by atoms with van der Waals surface area (Å²) in [6.45, 7) is 43.3. The minimum absolute atomic E-state index is 0.0610. The number of primary amides is 1. The Morgan fingerprint density at radius 2 is 0.871 bits per heavy atom. The number of hydrogen-bond acceptors (Lipinski definition) is 6. The molecule has 2 heterocycles. The van der Waals surface area contributed by atoms with Crippen molar-refractivity contribution in [3.63, 3.8) is 0 Å². The summed E-state index contributed by atoms with van der Waals surface area (Å²) in [6, 6.07) is 39.8. The van der Waals surface area contributed by atoms with Crippen LogP contribution >= 0.6 is 0 Å². The number of amides is 1. The van der Waals surface area contributed by atoms with Gasteiger partial charge in [-0.3, -0.25) is 9.78 Å². The number of aliphatic hydroxyl groups is 1. The molecular weight excluding hydrogens is 863 g/mol. The first-order chi connectivity index (χ1) is 32.0. The first-order valence-corrected chi connectivity index (χ1v) is 24.4. The van der Waals surface area contributed by atoms with Crippen molar-refractivity contribution < 1.29 is 19.7 Å². The predicted molar refractivity (Wildman–Crippen MR) is 299 cm³/mol. The van der Waals surface area contributed by atoms with Crippen molar-refractivity contribution in [2.24, 2.45) is 5.73 Å². The molecule has 4 aromatic carbocycles. The molecule has 7 heteroatoms. The molecule has 0 spiro atoms. The summed E-state index contributed by atoms with van der Waals surface area (Å²) in [4.78, 5) is 19.1. The van der Waals surface area contributed by atoms with Gasteiger partial charge in [0.1, 0.15) is 5.75 Å². The third-order valence-electron chi connectivity index (χ3n) is 11.2. The number of benzene rings is 4. The van der Waals surface area contributed by atoms with E-state index in [0.717, 1.165) is 22.4 Å². The Morgan fingerprint density at radius 3 is 1.24 bits per heavy atom. The van der Waals surface area contributed by atoms with E-state index in [4.69, 9.17) is 15.6 Å². The molecule has 0 unspecified atom stereocenters. The molecule has 6 aromatic rings. The van der Waals surface area contributed by atoms with E-state index in [2.05, 4.69) is 190 Å². The number of hydrogen-bond donors (Lipinski definition) is 3. The van der Waals surface area contributed by atoms with E-state index in [1.165, 1.54) is 27.8 Å². The van der Waals surface area contributed by atoms with Gasteiger partial charge in [-0.15, -0.1) is 0 Å². The number of phenols is 1. The zero-order valence-electron chi connectivity index (χ0n) is 47.1. The summed E-state index contributed by atoms with van der Waals surface area (Å²) >= 11 is 0. The molecule has 0 saturated carbocycles. The lowest BCUT2D eigenvalue weighted by Crippen LogP contribution is -2.15. The second kappa shape index (κ2) is 27.0. The minimum atomic E-state index is -0.369. The van der Waals surface area contributed by atoms with Crippen LogP contribution in [0.5, 0.6) is 11.6 Å². The summed E-state index contributed by atoms with van der Waals surface area (Å²) in [5.41, 5.74) is 17.8. The molecule has 0 aliphatic carbocycles. The van der Waals surface area contributed by atoms with Crippen LogP contribution in [0.1, 0.15) is 185 Å². The van der Waals surface area contributed by atoms with Crippen LogP contribution in [0, 0.1) is 13.8 Å². The van der Waals surface area contributed by atoms with Gasteiger partial charge in [-0.1, -0.05) is 203 Å². The van der Waals surface area contributed by atoms with Gasteiger partial charge in [0.05, 0.1) is 13.7 Å². The van der Waals surface area contributed by atoms with E-state index in [0.29, 0.717) is 17.2 Å². The highest BCUT2D eigenvalue weighted by Crippen LogP contribution is 2.27. The number of aliphatic hydroxyl groups excluding tert-OH is 1. The van der Waals surface area contributed by atoms with Gasteiger partial charge in [0.25, 0.3) is 0 Å². The standard InChI is InChI=1S/C11H15NO.C11H16O.C11H16.C10H15NO.C10H15N.C10H14O/c1-11(2,3)9-6-4-5-8(7-9)10(12)13;1-11(2,3)10-6-4-5-9(7-10)8-12;1-9-6-5-7-10(8-9)11(2,3)4;1-10(2,3)8-5-6-11-9(7-8)12-4;1-8-7-9(5-6-11-8)10(2,3)4;1-10(2,3)8-5-4-6-9(11)7-8/h4-7H,1-3H3,(H2,12,13);4-7,12H,8H2,1-3H3;5-8H,1-4H3;5-7H,1-4H3;5-7H,1-4H3;4-7,11H,1-3H3. The van der Waals surface area contributed by atoms with Crippen LogP contribution in [0.3, 0.4) is 0 Å². The summed E-state index contributed by atoms with van der Waals surface area (Å²) in [5, 5.41) is 18.1. The van der Waals surface area contributed by atoms with Gasteiger partial charge in [-0.25, -0.2) is 4.98 Å². The van der Waals surface area contributed by atoms with E-state index in [9.17, 15) is 9.90 Å². The van der Waals surface area contributed by atoms with Gasteiger partial charge in [0, 0.05) is 29.7 Å². The molecule has 0 saturated heterocycles. The van der Waals surface area contributed by atoms with Gasteiger partial charge in [0.2, 0.25) is 11.8 Å². The Labute approximate surface area is 425 Å². The average Bonchev–Trinajstić information content (AvgIpc) is 3.26. The number of rotatable bonds is 3. The van der Waals surface area contributed by atoms with E-state index >= 15 is 0 Å². The first kappa shape index (κ1) is 62.2. The molecule has 0 bridgehead atoms. The Kier molecular flexibility index (Phi) is 24.0. The molecule has 1 amide bonds. The lowest BCUT2D eigenvalue weighted by molar-refractivity contribution is 0.1000. The van der Waals surface area contributed by atoms with Crippen LogP contribution in [-0.2, 0) is 39.1 Å². The number of carbonyl (C=O) groups excluding carboxylic acids is 1. The Bertz CT molecular complexity index is 2290. The maximum Gasteiger partial charge on any atom is 0.248 e. The monoisotopic (exact) mass is 954 g/mol. The van der Waals surface area contributed by atoms with Gasteiger partial charge in [-0.05, 0) is 128 Å². The minimum Gasteiger partial charge on any atom is -0.508 e. The lowest BCUT2D eigenvalue weighted by atomic mass is 9.86. The summed E-state index contributed by atoms with van der Waals surface area (Å²) in [6.07, 6.45) is 3.65. The maximum absolute atomic E-state index is 10.9. The first-order valence-electron chi connectivity index (χ1n) is 24.4. The number of methoxy groups -OCH3 is 1. The SMILES string of the molecule is CC(C)(C)c1cccc(C(N)=O)c1.CC(C)(C)c1cccc(CO)c1.CC(C)(C)c1cccc(O)c1.COc1cc(C(C)(C)C)ccn1.Cc1cc(C(C)(C)C)ccn1.Cc1cccc(C(C)(C)C)c1. The van der Waals surface area contributed by atoms with Crippen molar-refractivity contribution in [2.75, 3.05) is 7.11 Å². The second-order valence-corrected chi connectivity index (χ2v) is 24.0. The molecule has 0 aliphatic heterocycles. The van der Waals surface area contributed by atoms with Crippen LogP contribution in [0.2, 0.25) is 0 Å². The van der Waals surface area contributed by atoms with Crippen LogP contribution < -0.4 is 10.5 Å². The van der Waals surface area contributed by atoms with E-state index in [1.807, 2.05) is 67.7 Å². The quantitative estimate of drug-likeness (QED) is 0.163. The molecule has 0 radical (unpaired) electrons. The van der Waals surface area contributed by atoms with E-state index < -0.39 is 0 Å². The highest BCUT2D eigenvalue weighted by atomic mass is 16.5.